The van der Waals surface area contributed by atoms with Crippen molar-refractivity contribution in [1.82, 2.24) is 19.7 Å². The summed E-state index contributed by atoms with van der Waals surface area (Å²) < 4.78 is 6.58. The highest BCUT2D eigenvalue weighted by Crippen LogP contribution is 2.18. The number of pyridine rings is 1. The first-order valence-corrected chi connectivity index (χ1v) is 4.58. The van der Waals surface area contributed by atoms with Gasteiger partial charge in [0.25, 0.3) is 0 Å². The fraction of sp³-hybridized carbons (Fsp3) is 0.100. The van der Waals surface area contributed by atoms with Gasteiger partial charge in [-0.3, -0.25) is 0 Å². The summed E-state index contributed by atoms with van der Waals surface area (Å²) in [5, 5.41) is 7.55. The summed E-state index contributed by atoms with van der Waals surface area (Å²) >= 11 is 0. The van der Waals surface area contributed by atoms with Gasteiger partial charge in [-0.15, -0.1) is 0 Å². The van der Waals surface area contributed by atoms with Gasteiger partial charge in [0.1, 0.15) is 17.0 Å². The Bertz CT molecular complexity index is 577. The number of hydrogen-bond donors (Lipinski definition) is 0. The van der Waals surface area contributed by atoms with Gasteiger partial charge < -0.3 is 4.40 Å². The van der Waals surface area contributed by atoms with Gasteiger partial charge >= 0.3 is 0 Å². The van der Waals surface area contributed by atoms with Crippen LogP contribution in [0.5, 0.6) is 0 Å². The van der Waals surface area contributed by atoms with Crippen LogP contribution in [0.25, 0.3) is 17.0 Å². The molecule has 74 valence electrons. The molecule has 3 aromatic rings. The SMILES string of the molecule is Cc1nonc1-c1cn2ccccc2n1. The van der Waals surface area contributed by atoms with Crippen molar-refractivity contribution in [1.29, 1.82) is 0 Å². The lowest BCUT2D eigenvalue weighted by atomic mass is 10.3. The van der Waals surface area contributed by atoms with Crippen LogP contribution in [0.2, 0.25) is 0 Å². The molecule has 0 spiro atoms. The van der Waals surface area contributed by atoms with E-state index < -0.39 is 0 Å². The number of rotatable bonds is 1. The average molecular weight is 200 g/mol. The molecule has 0 aliphatic carbocycles. The lowest BCUT2D eigenvalue weighted by Crippen LogP contribution is -1.80. The Labute approximate surface area is 85.3 Å². The van der Waals surface area contributed by atoms with Crippen LogP contribution in [0.3, 0.4) is 0 Å². The van der Waals surface area contributed by atoms with Crippen molar-refractivity contribution in [2.75, 3.05) is 0 Å². The number of aromatic nitrogens is 4. The van der Waals surface area contributed by atoms with Gasteiger partial charge in [-0.05, 0) is 24.2 Å². The summed E-state index contributed by atoms with van der Waals surface area (Å²) in [6, 6.07) is 5.83. The molecule has 0 atom stereocenters. The third-order valence-corrected chi connectivity index (χ3v) is 2.26. The van der Waals surface area contributed by atoms with Crippen molar-refractivity contribution in [3.8, 4) is 11.4 Å². The van der Waals surface area contributed by atoms with E-state index in [9.17, 15) is 0 Å². The molecule has 0 saturated carbocycles. The zero-order valence-corrected chi connectivity index (χ0v) is 8.08. The molecule has 5 nitrogen and oxygen atoms in total. The van der Waals surface area contributed by atoms with E-state index in [1.807, 2.05) is 41.9 Å². The fourth-order valence-corrected chi connectivity index (χ4v) is 1.51. The second-order valence-corrected chi connectivity index (χ2v) is 3.29. The Kier molecular flexibility index (Phi) is 1.58. The normalized spacial score (nSPS) is 11.0. The summed E-state index contributed by atoms with van der Waals surface area (Å²) in [6.45, 7) is 1.84. The molecule has 3 heterocycles. The molecule has 0 aliphatic heterocycles. The number of imidazole rings is 1. The van der Waals surface area contributed by atoms with Crippen molar-refractivity contribution in [3.05, 3.63) is 36.3 Å². The van der Waals surface area contributed by atoms with E-state index in [-0.39, 0.29) is 0 Å². The van der Waals surface area contributed by atoms with E-state index >= 15 is 0 Å². The number of hydrogen-bond acceptors (Lipinski definition) is 4. The number of aryl methyl sites for hydroxylation is 1. The van der Waals surface area contributed by atoms with Crippen LogP contribution in [-0.4, -0.2) is 19.7 Å². The first-order valence-electron chi connectivity index (χ1n) is 4.58. The smallest absolute Gasteiger partial charge is 0.157 e. The fourth-order valence-electron chi connectivity index (χ4n) is 1.51. The molecule has 0 radical (unpaired) electrons. The van der Waals surface area contributed by atoms with E-state index in [1.165, 1.54) is 0 Å². The third-order valence-electron chi connectivity index (χ3n) is 2.26. The summed E-state index contributed by atoms with van der Waals surface area (Å²) in [5.41, 5.74) is 3.10. The highest BCUT2D eigenvalue weighted by Gasteiger charge is 2.11. The van der Waals surface area contributed by atoms with Crippen molar-refractivity contribution >= 4 is 5.65 Å². The molecular weight excluding hydrogens is 192 g/mol. The topological polar surface area (TPSA) is 56.2 Å². The highest BCUT2D eigenvalue weighted by molar-refractivity contribution is 5.59. The minimum atomic E-state index is 0.693. The zero-order chi connectivity index (χ0) is 10.3. The number of fused-ring (bicyclic) bond motifs is 1. The highest BCUT2D eigenvalue weighted by atomic mass is 16.6. The molecule has 15 heavy (non-hydrogen) atoms. The molecule has 0 aliphatic rings. The van der Waals surface area contributed by atoms with Gasteiger partial charge in [0, 0.05) is 12.4 Å². The van der Waals surface area contributed by atoms with Gasteiger partial charge in [0.05, 0.1) is 0 Å². The van der Waals surface area contributed by atoms with Gasteiger partial charge in [0.15, 0.2) is 5.69 Å². The summed E-state index contributed by atoms with van der Waals surface area (Å²) in [5.74, 6) is 0. The largest absolute Gasteiger partial charge is 0.306 e. The van der Waals surface area contributed by atoms with Crippen LogP contribution in [-0.2, 0) is 0 Å². The monoisotopic (exact) mass is 200 g/mol. The third kappa shape index (κ3) is 1.20. The molecular formula is C10H8N4O. The molecule has 3 aromatic heterocycles. The second kappa shape index (κ2) is 2.91. The average Bonchev–Trinajstić information content (AvgIpc) is 2.82. The van der Waals surface area contributed by atoms with Crippen LogP contribution in [0, 0.1) is 6.92 Å². The molecule has 0 aromatic carbocycles. The quantitative estimate of drug-likeness (QED) is 0.599. The van der Waals surface area contributed by atoms with E-state index in [1.54, 1.807) is 0 Å². The standard InChI is InChI=1S/C10H8N4O/c1-7-10(13-15-12-7)8-6-14-5-3-2-4-9(14)11-8/h2-6H,1H3. The van der Waals surface area contributed by atoms with Crippen molar-refractivity contribution in [2.45, 2.75) is 6.92 Å². The predicted molar refractivity (Wildman–Crippen MR) is 53.2 cm³/mol. The summed E-state index contributed by atoms with van der Waals surface area (Å²) in [6.07, 6.45) is 3.84. The van der Waals surface area contributed by atoms with Gasteiger partial charge in [-0.25, -0.2) is 9.61 Å². The minimum absolute atomic E-state index is 0.693. The van der Waals surface area contributed by atoms with Crippen molar-refractivity contribution in [2.24, 2.45) is 0 Å². The van der Waals surface area contributed by atoms with Crippen LogP contribution in [0.1, 0.15) is 5.69 Å². The lowest BCUT2D eigenvalue weighted by Gasteiger charge is -1.86. The van der Waals surface area contributed by atoms with Gasteiger partial charge in [-0.2, -0.15) is 0 Å². The van der Waals surface area contributed by atoms with E-state index in [0.717, 1.165) is 17.0 Å². The minimum Gasteiger partial charge on any atom is -0.306 e. The maximum Gasteiger partial charge on any atom is 0.157 e. The Balaban J connectivity index is 2.24. The molecule has 5 heteroatoms. The van der Waals surface area contributed by atoms with Crippen molar-refractivity contribution < 1.29 is 4.63 Å². The molecule has 0 unspecified atom stereocenters. The van der Waals surface area contributed by atoms with E-state index in [0.29, 0.717) is 5.69 Å². The van der Waals surface area contributed by atoms with Crippen LogP contribution in [0.15, 0.2) is 35.2 Å². The maximum absolute atomic E-state index is 4.65. The Morgan fingerprint density at radius 3 is 2.93 bits per heavy atom. The second-order valence-electron chi connectivity index (χ2n) is 3.29. The molecule has 3 rings (SSSR count). The predicted octanol–water partition coefficient (Wildman–Crippen LogP) is 1.69. The van der Waals surface area contributed by atoms with Crippen LogP contribution < -0.4 is 0 Å². The lowest BCUT2D eigenvalue weighted by molar-refractivity contribution is 0.306. The van der Waals surface area contributed by atoms with Crippen LogP contribution in [0.4, 0.5) is 0 Å². The van der Waals surface area contributed by atoms with Gasteiger partial charge in [0.2, 0.25) is 0 Å². The van der Waals surface area contributed by atoms with Gasteiger partial charge in [-0.1, -0.05) is 11.2 Å². The first kappa shape index (κ1) is 8.16. The maximum atomic E-state index is 4.65. The molecule has 0 fully saturated rings. The number of nitrogens with zero attached hydrogens (tertiary/aromatic N) is 4. The zero-order valence-electron chi connectivity index (χ0n) is 8.08. The first-order chi connectivity index (χ1) is 7.34. The van der Waals surface area contributed by atoms with Crippen molar-refractivity contribution in [3.63, 3.8) is 0 Å². The van der Waals surface area contributed by atoms with E-state index in [2.05, 4.69) is 19.9 Å². The Hall–Kier alpha value is -2.17. The Morgan fingerprint density at radius 2 is 2.20 bits per heavy atom. The summed E-state index contributed by atoms with van der Waals surface area (Å²) in [7, 11) is 0. The molecule has 0 amide bonds. The molecule has 0 N–H and O–H groups in total. The molecule has 0 bridgehead atoms. The van der Waals surface area contributed by atoms with E-state index in [4.69, 9.17) is 0 Å². The molecule has 0 saturated heterocycles. The van der Waals surface area contributed by atoms with Crippen LogP contribution >= 0.6 is 0 Å². The Morgan fingerprint density at radius 1 is 1.27 bits per heavy atom. The summed E-state index contributed by atoms with van der Waals surface area (Å²) in [4.78, 5) is 4.42.